The van der Waals surface area contributed by atoms with Crippen LogP contribution in [0.25, 0.3) is 0 Å². The SMILES string of the molecule is CN=C(NCc1ccc(N(C)C2CCCCC2)cc1)NC(C)COC. The minimum atomic E-state index is 0.225. The maximum atomic E-state index is 5.15. The van der Waals surface area contributed by atoms with Crippen LogP contribution < -0.4 is 15.5 Å². The molecule has 1 unspecified atom stereocenters. The average molecular weight is 347 g/mol. The third-order valence-corrected chi connectivity index (χ3v) is 4.95. The van der Waals surface area contributed by atoms with Gasteiger partial charge in [-0.25, -0.2) is 0 Å². The summed E-state index contributed by atoms with van der Waals surface area (Å²) in [5, 5.41) is 6.67. The van der Waals surface area contributed by atoms with Gasteiger partial charge in [0.1, 0.15) is 0 Å². The molecule has 0 heterocycles. The summed E-state index contributed by atoms with van der Waals surface area (Å²) in [6.07, 6.45) is 6.77. The van der Waals surface area contributed by atoms with Crippen LogP contribution >= 0.6 is 0 Å². The molecular formula is C20H34N4O. The molecule has 2 rings (SSSR count). The summed E-state index contributed by atoms with van der Waals surface area (Å²) < 4.78 is 5.15. The van der Waals surface area contributed by atoms with Crippen molar-refractivity contribution in [3.05, 3.63) is 29.8 Å². The molecule has 140 valence electrons. The predicted octanol–water partition coefficient (Wildman–Crippen LogP) is 3.16. The number of nitrogens with one attached hydrogen (secondary N) is 2. The van der Waals surface area contributed by atoms with Gasteiger partial charge in [-0.1, -0.05) is 31.4 Å². The Morgan fingerprint density at radius 1 is 1.24 bits per heavy atom. The summed E-state index contributed by atoms with van der Waals surface area (Å²) in [6, 6.07) is 9.79. The molecule has 0 aromatic heterocycles. The quantitative estimate of drug-likeness (QED) is 0.588. The van der Waals surface area contributed by atoms with Gasteiger partial charge in [0.05, 0.1) is 6.61 Å². The summed E-state index contributed by atoms with van der Waals surface area (Å²) in [7, 11) is 5.73. The molecular weight excluding hydrogens is 312 g/mol. The lowest BCUT2D eigenvalue weighted by Gasteiger charge is -2.33. The molecule has 1 aliphatic rings. The number of aliphatic imine (C=N–C) groups is 1. The highest BCUT2D eigenvalue weighted by Crippen LogP contribution is 2.26. The van der Waals surface area contributed by atoms with Gasteiger partial charge >= 0.3 is 0 Å². The second-order valence-electron chi connectivity index (χ2n) is 7.00. The monoisotopic (exact) mass is 346 g/mol. The first kappa shape index (κ1) is 19.6. The molecule has 0 amide bonds. The number of methoxy groups -OCH3 is 1. The highest BCUT2D eigenvalue weighted by Gasteiger charge is 2.18. The molecule has 1 fully saturated rings. The summed E-state index contributed by atoms with van der Waals surface area (Å²) in [5.41, 5.74) is 2.56. The fraction of sp³-hybridized carbons (Fsp3) is 0.650. The van der Waals surface area contributed by atoms with Crippen molar-refractivity contribution in [3.8, 4) is 0 Å². The maximum absolute atomic E-state index is 5.15. The van der Waals surface area contributed by atoms with Gasteiger partial charge < -0.3 is 20.3 Å². The van der Waals surface area contributed by atoms with Crippen LogP contribution in [0.15, 0.2) is 29.3 Å². The van der Waals surface area contributed by atoms with E-state index < -0.39 is 0 Å². The van der Waals surface area contributed by atoms with E-state index >= 15 is 0 Å². The van der Waals surface area contributed by atoms with Gasteiger partial charge in [0, 0.05) is 45.5 Å². The molecule has 5 nitrogen and oxygen atoms in total. The number of hydrogen-bond acceptors (Lipinski definition) is 3. The highest BCUT2D eigenvalue weighted by molar-refractivity contribution is 5.79. The highest BCUT2D eigenvalue weighted by atomic mass is 16.5. The Morgan fingerprint density at radius 2 is 1.92 bits per heavy atom. The molecule has 1 aromatic carbocycles. The van der Waals surface area contributed by atoms with Crippen LogP contribution in [0.1, 0.15) is 44.6 Å². The van der Waals surface area contributed by atoms with Gasteiger partial charge in [0.2, 0.25) is 0 Å². The van der Waals surface area contributed by atoms with E-state index in [9.17, 15) is 0 Å². The van der Waals surface area contributed by atoms with E-state index in [1.165, 1.54) is 43.4 Å². The van der Waals surface area contributed by atoms with Crippen LogP contribution in [0, 0.1) is 0 Å². The van der Waals surface area contributed by atoms with E-state index in [1.54, 1.807) is 14.2 Å². The van der Waals surface area contributed by atoms with E-state index in [-0.39, 0.29) is 6.04 Å². The number of ether oxygens (including phenoxy) is 1. The van der Waals surface area contributed by atoms with Crippen molar-refractivity contribution in [2.75, 3.05) is 32.7 Å². The Labute approximate surface area is 152 Å². The molecule has 0 radical (unpaired) electrons. The lowest BCUT2D eigenvalue weighted by atomic mass is 9.94. The van der Waals surface area contributed by atoms with Crippen LogP contribution in [-0.4, -0.2) is 45.9 Å². The van der Waals surface area contributed by atoms with Gasteiger partial charge in [-0.3, -0.25) is 4.99 Å². The molecule has 0 spiro atoms. The van der Waals surface area contributed by atoms with E-state index in [0.29, 0.717) is 12.6 Å². The Bertz CT molecular complexity index is 523. The van der Waals surface area contributed by atoms with Gasteiger partial charge in [0.15, 0.2) is 5.96 Å². The number of anilines is 1. The summed E-state index contributed by atoms with van der Waals surface area (Å²) >= 11 is 0. The Morgan fingerprint density at radius 3 is 2.52 bits per heavy atom. The van der Waals surface area contributed by atoms with Crippen LogP contribution in [0.4, 0.5) is 5.69 Å². The van der Waals surface area contributed by atoms with Crippen molar-refractivity contribution in [1.29, 1.82) is 0 Å². The number of benzene rings is 1. The van der Waals surface area contributed by atoms with Crippen molar-refractivity contribution < 1.29 is 4.74 Å². The van der Waals surface area contributed by atoms with Crippen LogP contribution in [0.3, 0.4) is 0 Å². The second kappa shape index (κ2) is 10.3. The topological polar surface area (TPSA) is 48.9 Å². The Kier molecular flexibility index (Phi) is 8.06. The van der Waals surface area contributed by atoms with Gasteiger partial charge in [-0.15, -0.1) is 0 Å². The first-order valence-electron chi connectivity index (χ1n) is 9.42. The van der Waals surface area contributed by atoms with Crippen molar-refractivity contribution in [2.24, 2.45) is 4.99 Å². The Balaban J connectivity index is 1.85. The molecule has 0 saturated heterocycles. The first-order chi connectivity index (χ1) is 12.1. The van der Waals surface area contributed by atoms with Gasteiger partial charge in [-0.2, -0.15) is 0 Å². The van der Waals surface area contributed by atoms with E-state index in [1.807, 2.05) is 0 Å². The fourth-order valence-electron chi connectivity index (χ4n) is 3.43. The molecule has 1 aromatic rings. The smallest absolute Gasteiger partial charge is 0.191 e. The molecule has 1 atom stereocenters. The van der Waals surface area contributed by atoms with E-state index in [2.05, 4.69) is 58.8 Å². The predicted molar refractivity (Wildman–Crippen MR) is 106 cm³/mol. The van der Waals surface area contributed by atoms with E-state index in [4.69, 9.17) is 4.74 Å². The molecule has 1 aliphatic carbocycles. The molecule has 2 N–H and O–H groups in total. The largest absolute Gasteiger partial charge is 0.383 e. The number of guanidine groups is 1. The number of rotatable bonds is 7. The van der Waals surface area contributed by atoms with Crippen molar-refractivity contribution in [2.45, 2.75) is 57.7 Å². The van der Waals surface area contributed by atoms with Crippen molar-refractivity contribution in [1.82, 2.24) is 10.6 Å². The van der Waals surface area contributed by atoms with Gasteiger partial charge in [-0.05, 0) is 37.5 Å². The zero-order chi connectivity index (χ0) is 18.1. The van der Waals surface area contributed by atoms with Crippen LogP contribution in [0.5, 0.6) is 0 Å². The third kappa shape index (κ3) is 6.24. The average Bonchev–Trinajstić information content (AvgIpc) is 2.66. The second-order valence-corrected chi connectivity index (χ2v) is 7.00. The van der Waals surface area contributed by atoms with Crippen LogP contribution in [-0.2, 0) is 11.3 Å². The summed E-state index contributed by atoms with van der Waals surface area (Å²) in [4.78, 5) is 6.71. The zero-order valence-electron chi connectivity index (χ0n) is 16.2. The number of nitrogens with zero attached hydrogens (tertiary/aromatic N) is 2. The molecule has 25 heavy (non-hydrogen) atoms. The third-order valence-electron chi connectivity index (χ3n) is 4.95. The maximum Gasteiger partial charge on any atom is 0.191 e. The lowest BCUT2D eigenvalue weighted by molar-refractivity contribution is 0.179. The van der Waals surface area contributed by atoms with Gasteiger partial charge in [0.25, 0.3) is 0 Å². The minimum Gasteiger partial charge on any atom is -0.383 e. The zero-order valence-corrected chi connectivity index (χ0v) is 16.2. The first-order valence-corrected chi connectivity index (χ1v) is 9.42. The van der Waals surface area contributed by atoms with E-state index in [0.717, 1.165) is 12.5 Å². The van der Waals surface area contributed by atoms with Crippen LogP contribution in [0.2, 0.25) is 0 Å². The Hall–Kier alpha value is -1.75. The fourth-order valence-corrected chi connectivity index (χ4v) is 3.43. The molecule has 1 saturated carbocycles. The van der Waals surface area contributed by atoms with Crippen molar-refractivity contribution in [3.63, 3.8) is 0 Å². The molecule has 0 bridgehead atoms. The summed E-state index contributed by atoms with van der Waals surface area (Å²) in [6.45, 7) is 3.49. The minimum absolute atomic E-state index is 0.225. The molecule has 5 heteroatoms. The summed E-state index contributed by atoms with van der Waals surface area (Å²) in [5.74, 6) is 0.799. The normalized spacial score (nSPS) is 17.2. The molecule has 0 aliphatic heterocycles. The standard InChI is InChI=1S/C20H34N4O/c1-16(15-25-4)23-20(21-2)22-14-17-10-12-19(13-11-17)24(3)18-8-6-5-7-9-18/h10-13,16,18H,5-9,14-15H2,1-4H3,(H2,21,22,23). The van der Waals surface area contributed by atoms with Crippen molar-refractivity contribution >= 4 is 11.6 Å². The number of hydrogen-bond donors (Lipinski definition) is 2. The lowest BCUT2D eigenvalue weighted by Crippen LogP contribution is -2.43.